The summed E-state index contributed by atoms with van der Waals surface area (Å²) >= 11 is 5.89. The van der Waals surface area contributed by atoms with Gasteiger partial charge in [0.1, 0.15) is 0 Å². The molecular formula is C20H16ClF3N4O3. The Kier molecular flexibility index (Phi) is 5.48. The van der Waals surface area contributed by atoms with Crippen molar-refractivity contribution in [3.05, 3.63) is 70.9 Å². The summed E-state index contributed by atoms with van der Waals surface area (Å²) < 4.78 is 47.3. The van der Waals surface area contributed by atoms with Crippen LogP contribution in [0.4, 0.5) is 13.2 Å². The lowest BCUT2D eigenvalue weighted by Crippen LogP contribution is -2.50. The van der Waals surface area contributed by atoms with E-state index in [2.05, 4.69) is 5.10 Å². The Balaban J connectivity index is 1.56. The Morgan fingerprint density at radius 2 is 1.68 bits per heavy atom. The van der Waals surface area contributed by atoms with Gasteiger partial charge in [0.15, 0.2) is 11.5 Å². The molecule has 7 nitrogen and oxygen atoms in total. The molecule has 1 aliphatic heterocycles. The van der Waals surface area contributed by atoms with Gasteiger partial charge in [-0.3, -0.25) is 9.59 Å². The van der Waals surface area contributed by atoms with Gasteiger partial charge in [-0.1, -0.05) is 17.7 Å². The third kappa shape index (κ3) is 4.15. The van der Waals surface area contributed by atoms with Crippen molar-refractivity contribution in [2.75, 3.05) is 26.2 Å². The zero-order valence-electron chi connectivity index (χ0n) is 16.0. The Morgan fingerprint density at radius 3 is 2.26 bits per heavy atom. The second kappa shape index (κ2) is 8.10. The number of piperazine rings is 1. The smallest absolute Gasteiger partial charge is 0.434 e. The van der Waals surface area contributed by atoms with E-state index in [-0.39, 0.29) is 48.6 Å². The maximum atomic E-state index is 13.9. The van der Waals surface area contributed by atoms with E-state index >= 15 is 0 Å². The number of hydrogen-bond donors (Lipinski definition) is 0. The average molecular weight is 453 g/mol. The van der Waals surface area contributed by atoms with Crippen molar-refractivity contribution in [3.63, 3.8) is 0 Å². The van der Waals surface area contributed by atoms with Gasteiger partial charge in [-0.25, -0.2) is 4.68 Å². The molecule has 2 aromatic heterocycles. The van der Waals surface area contributed by atoms with E-state index in [1.807, 2.05) is 0 Å². The van der Waals surface area contributed by atoms with E-state index in [4.69, 9.17) is 16.0 Å². The van der Waals surface area contributed by atoms with Crippen molar-refractivity contribution in [1.82, 2.24) is 19.6 Å². The number of rotatable bonds is 3. The van der Waals surface area contributed by atoms with E-state index in [0.717, 1.165) is 6.20 Å². The highest BCUT2D eigenvalue weighted by Gasteiger charge is 2.42. The highest BCUT2D eigenvalue weighted by Crippen LogP contribution is 2.34. The molecule has 0 bridgehead atoms. The molecule has 1 aromatic carbocycles. The van der Waals surface area contributed by atoms with Gasteiger partial charge >= 0.3 is 6.18 Å². The third-order valence-corrected chi connectivity index (χ3v) is 5.14. The van der Waals surface area contributed by atoms with Crippen molar-refractivity contribution >= 4 is 23.4 Å². The maximum absolute atomic E-state index is 13.9. The number of alkyl halides is 3. The predicted octanol–water partition coefficient (Wildman–Crippen LogP) is 3.74. The standard InChI is InChI=1S/C20H16ClF3N4O3/c21-13-3-1-4-14(11-13)28-17(20(22,23)24)15(12-25-28)18(29)26-6-8-27(9-7-26)19(30)16-5-2-10-31-16/h1-5,10-12H,6-9H2. The molecule has 1 fully saturated rings. The average Bonchev–Trinajstić information content (AvgIpc) is 3.43. The number of hydrogen-bond acceptors (Lipinski definition) is 4. The molecule has 0 unspecified atom stereocenters. The van der Waals surface area contributed by atoms with E-state index < -0.39 is 23.3 Å². The lowest BCUT2D eigenvalue weighted by atomic mass is 10.1. The van der Waals surface area contributed by atoms with Crippen molar-refractivity contribution in [1.29, 1.82) is 0 Å². The van der Waals surface area contributed by atoms with E-state index in [9.17, 15) is 22.8 Å². The topological polar surface area (TPSA) is 71.6 Å². The summed E-state index contributed by atoms with van der Waals surface area (Å²) in [5, 5.41) is 4.04. The zero-order valence-corrected chi connectivity index (χ0v) is 16.7. The number of furan rings is 1. The molecular weight excluding hydrogens is 437 g/mol. The molecule has 11 heteroatoms. The monoisotopic (exact) mass is 452 g/mol. The summed E-state index contributed by atoms with van der Waals surface area (Å²) in [5.74, 6) is -0.963. The zero-order chi connectivity index (χ0) is 22.2. The molecule has 3 aromatic rings. The van der Waals surface area contributed by atoms with Crippen LogP contribution in [-0.4, -0.2) is 57.6 Å². The highest BCUT2D eigenvalue weighted by molar-refractivity contribution is 6.30. The number of nitrogens with zero attached hydrogens (tertiary/aromatic N) is 4. The van der Waals surface area contributed by atoms with Gasteiger partial charge in [0, 0.05) is 31.2 Å². The Labute approximate surface area is 179 Å². The first kappa shape index (κ1) is 21.0. The van der Waals surface area contributed by atoms with Crippen molar-refractivity contribution in [2.24, 2.45) is 0 Å². The molecule has 0 saturated carbocycles. The number of carbonyl (C=O) groups is 2. The van der Waals surface area contributed by atoms with Gasteiger partial charge < -0.3 is 14.2 Å². The molecule has 0 N–H and O–H groups in total. The van der Waals surface area contributed by atoms with Crippen LogP contribution in [0.2, 0.25) is 5.02 Å². The van der Waals surface area contributed by atoms with Crippen LogP contribution in [0.1, 0.15) is 26.6 Å². The maximum Gasteiger partial charge on any atom is 0.434 e. The van der Waals surface area contributed by atoms with Crippen LogP contribution in [0.5, 0.6) is 0 Å². The van der Waals surface area contributed by atoms with Crippen molar-refractivity contribution in [2.45, 2.75) is 6.18 Å². The van der Waals surface area contributed by atoms with E-state index in [0.29, 0.717) is 4.68 Å². The Bertz CT molecular complexity index is 1100. The second-order valence-corrected chi connectivity index (χ2v) is 7.29. The molecule has 1 aliphatic rings. The predicted molar refractivity (Wildman–Crippen MR) is 104 cm³/mol. The molecule has 0 spiro atoms. The van der Waals surface area contributed by atoms with Crippen molar-refractivity contribution < 1.29 is 27.2 Å². The molecule has 0 aliphatic carbocycles. The molecule has 162 valence electrons. The van der Waals surface area contributed by atoms with Gasteiger partial charge in [0.25, 0.3) is 11.8 Å². The first-order valence-corrected chi connectivity index (χ1v) is 9.66. The first-order valence-electron chi connectivity index (χ1n) is 9.29. The summed E-state index contributed by atoms with van der Waals surface area (Å²) in [6.45, 7) is 0.528. The SMILES string of the molecule is O=C(c1ccco1)N1CCN(C(=O)c2cnn(-c3cccc(Cl)c3)c2C(F)(F)F)CC1. The highest BCUT2D eigenvalue weighted by atomic mass is 35.5. The van der Waals surface area contributed by atoms with Crippen LogP contribution < -0.4 is 0 Å². The van der Waals surface area contributed by atoms with Crippen molar-refractivity contribution in [3.8, 4) is 5.69 Å². The molecule has 0 atom stereocenters. The molecule has 1 saturated heterocycles. The van der Waals surface area contributed by atoms with Gasteiger partial charge in [-0.2, -0.15) is 18.3 Å². The Morgan fingerprint density at radius 1 is 1.00 bits per heavy atom. The molecule has 0 radical (unpaired) electrons. The lowest BCUT2D eigenvalue weighted by Gasteiger charge is -2.34. The van der Waals surface area contributed by atoms with Crippen LogP contribution in [0, 0.1) is 0 Å². The number of aromatic nitrogens is 2. The van der Waals surface area contributed by atoms with Gasteiger partial charge in [-0.15, -0.1) is 0 Å². The molecule has 31 heavy (non-hydrogen) atoms. The van der Waals surface area contributed by atoms with Crippen LogP contribution in [0.25, 0.3) is 5.69 Å². The number of carbonyl (C=O) groups excluding carboxylic acids is 2. The summed E-state index contributed by atoms with van der Waals surface area (Å²) in [7, 11) is 0. The van der Waals surface area contributed by atoms with E-state index in [1.54, 1.807) is 6.07 Å². The minimum absolute atomic E-state index is 0.0882. The first-order chi connectivity index (χ1) is 14.8. The fourth-order valence-electron chi connectivity index (χ4n) is 3.42. The normalized spacial score (nSPS) is 14.7. The molecule has 4 rings (SSSR count). The fraction of sp³-hybridized carbons (Fsp3) is 0.250. The van der Waals surface area contributed by atoms with Crippen LogP contribution in [0.15, 0.2) is 53.3 Å². The summed E-state index contributed by atoms with van der Waals surface area (Å²) in [4.78, 5) is 28.0. The van der Waals surface area contributed by atoms with E-state index in [1.165, 1.54) is 46.4 Å². The second-order valence-electron chi connectivity index (χ2n) is 6.86. The fourth-order valence-corrected chi connectivity index (χ4v) is 3.60. The largest absolute Gasteiger partial charge is 0.459 e. The minimum Gasteiger partial charge on any atom is -0.459 e. The summed E-state index contributed by atoms with van der Waals surface area (Å²) in [6, 6.07) is 8.88. The Hall–Kier alpha value is -3.27. The summed E-state index contributed by atoms with van der Waals surface area (Å²) in [6.07, 6.45) is -2.53. The van der Waals surface area contributed by atoms with Gasteiger partial charge in [0.05, 0.1) is 23.7 Å². The van der Waals surface area contributed by atoms with Crippen LogP contribution >= 0.6 is 11.6 Å². The van der Waals surface area contributed by atoms with Gasteiger partial charge in [0.2, 0.25) is 0 Å². The third-order valence-electron chi connectivity index (χ3n) is 4.91. The quantitative estimate of drug-likeness (QED) is 0.607. The number of benzene rings is 1. The molecule has 2 amide bonds. The van der Waals surface area contributed by atoms with Crippen LogP contribution in [0.3, 0.4) is 0 Å². The summed E-state index contributed by atoms with van der Waals surface area (Å²) in [5.41, 5.74) is -1.64. The minimum atomic E-state index is -4.82. The molecule has 3 heterocycles. The number of amides is 2. The van der Waals surface area contributed by atoms with Gasteiger partial charge in [-0.05, 0) is 30.3 Å². The van der Waals surface area contributed by atoms with Crippen LogP contribution in [-0.2, 0) is 6.18 Å². The lowest BCUT2D eigenvalue weighted by molar-refractivity contribution is -0.143. The number of halogens is 4.